The van der Waals surface area contributed by atoms with Gasteiger partial charge < -0.3 is 16.0 Å². The molecule has 1 aliphatic carbocycles. The fourth-order valence-corrected chi connectivity index (χ4v) is 2.12. The summed E-state index contributed by atoms with van der Waals surface area (Å²) in [5, 5.41) is 3.15. The number of nitrogens with two attached hydrogens (primary N) is 1. The van der Waals surface area contributed by atoms with Crippen molar-refractivity contribution < 1.29 is 4.79 Å². The summed E-state index contributed by atoms with van der Waals surface area (Å²) in [6.45, 7) is 1.54. The van der Waals surface area contributed by atoms with Crippen LogP contribution >= 0.6 is 0 Å². The SMILES string of the molecule is NC1=NC(=O)N(C2CC2)C12CNC2. The number of hydrogen-bond donors (Lipinski definition) is 2. The van der Waals surface area contributed by atoms with Crippen LogP contribution in [0.15, 0.2) is 4.99 Å². The molecule has 0 radical (unpaired) electrons. The molecule has 3 N–H and O–H groups in total. The molecule has 13 heavy (non-hydrogen) atoms. The van der Waals surface area contributed by atoms with Crippen LogP contribution in [-0.2, 0) is 0 Å². The first kappa shape index (κ1) is 7.32. The molecule has 0 atom stereocenters. The molecular weight excluding hydrogens is 168 g/mol. The van der Waals surface area contributed by atoms with E-state index in [0.717, 1.165) is 25.9 Å². The van der Waals surface area contributed by atoms with Crippen LogP contribution in [0.3, 0.4) is 0 Å². The number of nitrogens with zero attached hydrogens (tertiary/aromatic N) is 2. The van der Waals surface area contributed by atoms with Crippen LogP contribution in [0.4, 0.5) is 4.79 Å². The molecule has 3 aliphatic rings. The summed E-state index contributed by atoms with van der Waals surface area (Å²) >= 11 is 0. The maximum absolute atomic E-state index is 11.5. The van der Waals surface area contributed by atoms with Gasteiger partial charge in [0.15, 0.2) is 0 Å². The van der Waals surface area contributed by atoms with Gasteiger partial charge in [0.05, 0.1) is 0 Å². The monoisotopic (exact) mass is 180 g/mol. The van der Waals surface area contributed by atoms with E-state index in [2.05, 4.69) is 10.3 Å². The number of aliphatic imine (C=N–C) groups is 1. The van der Waals surface area contributed by atoms with Crippen molar-refractivity contribution in [3.05, 3.63) is 0 Å². The molecule has 3 rings (SSSR count). The Balaban J connectivity index is 1.97. The minimum Gasteiger partial charge on any atom is -0.385 e. The van der Waals surface area contributed by atoms with Crippen LogP contribution in [0.2, 0.25) is 0 Å². The molecule has 1 saturated heterocycles. The van der Waals surface area contributed by atoms with Crippen molar-refractivity contribution in [2.75, 3.05) is 13.1 Å². The molecule has 0 aromatic rings. The zero-order valence-electron chi connectivity index (χ0n) is 7.29. The third-order valence-electron chi connectivity index (χ3n) is 3.11. The van der Waals surface area contributed by atoms with Crippen molar-refractivity contribution >= 4 is 11.9 Å². The van der Waals surface area contributed by atoms with Gasteiger partial charge in [-0.25, -0.2) is 4.79 Å². The summed E-state index contributed by atoms with van der Waals surface area (Å²) in [5.41, 5.74) is 5.52. The molecule has 0 aromatic heterocycles. The number of amidine groups is 1. The number of rotatable bonds is 1. The molecule has 2 amide bonds. The van der Waals surface area contributed by atoms with Gasteiger partial charge in [-0.3, -0.25) is 0 Å². The lowest BCUT2D eigenvalue weighted by Crippen LogP contribution is -2.73. The first-order valence-electron chi connectivity index (χ1n) is 4.63. The van der Waals surface area contributed by atoms with Crippen molar-refractivity contribution in [2.45, 2.75) is 24.4 Å². The first-order valence-corrected chi connectivity index (χ1v) is 4.63. The third kappa shape index (κ3) is 0.751. The highest BCUT2D eigenvalue weighted by Gasteiger charge is 2.57. The molecular formula is C8H12N4O. The number of carbonyl (C=O) groups is 1. The lowest BCUT2D eigenvalue weighted by Gasteiger charge is -2.45. The molecule has 5 nitrogen and oxygen atoms in total. The molecule has 0 aromatic carbocycles. The fourth-order valence-electron chi connectivity index (χ4n) is 2.12. The normalized spacial score (nSPS) is 30.6. The van der Waals surface area contributed by atoms with E-state index in [4.69, 9.17) is 5.73 Å². The summed E-state index contributed by atoms with van der Waals surface area (Å²) in [6, 6.07) is 0.265. The van der Waals surface area contributed by atoms with Gasteiger partial charge in [0.1, 0.15) is 11.4 Å². The minimum atomic E-state index is -0.252. The van der Waals surface area contributed by atoms with E-state index in [1.165, 1.54) is 0 Å². The number of carbonyl (C=O) groups excluding carboxylic acids is 1. The zero-order chi connectivity index (χ0) is 9.05. The van der Waals surface area contributed by atoms with Crippen LogP contribution in [0.25, 0.3) is 0 Å². The topological polar surface area (TPSA) is 70.7 Å². The van der Waals surface area contributed by atoms with Crippen molar-refractivity contribution in [1.82, 2.24) is 10.2 Å². The Morgan fingerprint density at radius 2 is 2.23 bits per heavy atom. The summed E-state index contributed by atoms with van der Waals surface area (Å²) in [6.07, 6.45) is 2.21. The number of hydrogen-bond acceptors (Lipinski definition) is 3. The van der Waals surface area contributed by atoms with E-state index in [1.807, 2.05) is 4.90 Å². The molecule has 5 heteroatoms. The number of nitrogens with one attached hydrogen (secondary N) is 1. The van der Waals surface area contributed by atoms with E-state index >= 15 is 0 Å². The highest BCUT2D eigenvalue weighted by Crippen LogP contribution is 2.38. The summed E-state index contributed by atoms with van der Waals surface area (Å²) in [5.74, 6) is 0.503. The first-order chi connectivity index (χ1) is 6.24. The summed E-state index contributed by atoms with van der Waals surface area (Å²) in [7, 11) is 0. The third-order valence-corrected chi connectivity index (χ3v) is 3.11. The lowest BCUT2D eigenvalue weighted by molar-refractivity contribution is 0.128. The van der Waals surface area contributed by atoms with Crippen molar-refractivity contribution in [3.63, 3.8) is 0 Å². The van der Waals surface area contributed by atoms with Crippen LogP contribution in [0.1, 0.15) is 12.8 Å². The second-order valence-corrected chi connectivity index (χ2v) is 4.02. The minimum absolute atomic E-state index is 0.137. The molecule has 0 bridgehead atoms. The Kier molecular flexibility index (Phi) is 1.15. The van der Waals surface area contributed by atoms with Crippen LogP contribution in [0, 0.1) is 0 Å². The zero-order valence-corrected chi connectivity index (χ0v) is 7.29. The highest BCUT2D eigenvalue weighted by atomic mass is 16.2. The Hall–Kier alpha value is -1.10. The Morgan fingerprint density at radius 3 is 2.69 bits per heavy atom. The average molecular weight is 180 g/mol. The maximum atomic E-state index is 11.5. The Bertz CT molecular complexity index is 303. The van der Waals surface area contributed by atoms with Crippen molar-refractivity contribution in [1.29, 1.82) is 0 Å². The smallest absolute Gasteiger partial charge is 0.346 e. The summed E-state index contributed by atoms with van der Waals surface area (Å²) in [4.78, 5) is 17.2. The lowest BCUT2D eigenvalue weighted by atomic mass is 9.90. The van der Waals surface area contributed by atoms with E-state index < -0.39 is 0 Å². The van der Waals surface area contributed by atoms with Gasteiger partial charge in [-0.05, 0) is 12.8 Å². The summed E-state index contributed by atoms with van der Waals surface area (Å²) < 4.78 is 0. The largest absolute Gasteiger partial charge is 0.385 e. The van der Waals surface area contributed by atoms with Gasteiger partial charge in [-0.1, -0.05) is 0 Å². The quantitative estimate of drug-likeness (QED) is 0.559. The van der Waals surface area contributed by atoms with Gasteiger partial charge in [0, 0.05) is 19.1 Å². The molecule has 2 fully saturated rings. The van der Waals surface area contributed by atoms with Gasteiger partial charge in [0.2, 0.25) is 0 Å². The molecule has 0 unspecified atom stereocenters. The molecule has 70 valence electrons. The predicted octanol–water partition coefficient (Wildman–Crippen LogP) is -0.716. The van der Waals surface area contributed by atoms with Crippen molar-refractivity contribution in [3.8, 4) is 0 Å². The average Bonchev–Trinajstić information content (AvgIpc) is 2.74. The van der Waals surface area contributed by atoms with E-state index in [-0.39, 0.29) is 11.6 Å². The molecule has 2 heterocycles. The van der Waals surface area contributed by atoms with Gasteiger partial charge in [-0.2, -0.15) is 4.99 Å². The van der Waals surface area contributed by atoms with Crippen LogP contribution in [0.5, 0.6) is 0 Å². The van der Waals surface area contributed by atoms with E-state index in [0.29, 0.717) is 11.9 Å². The molecule has 2 aliphatic heterocycles. The second-order valence-electron chi connectivity index (χ2n) is 4.02. The second kappa shape index (κ2) is 2.04. The van der Waals surface area contributed by atoms with Gasteiger partial charge >= 0.3 is 6.03 Å². The van der Waals surface area contributed by atoms with Gasteiger partial charge in [-0.15, -0.1) is 0 Å². The fraction of sp³-hybridized carbons (Fsp3) is 0.750. The van der Waals surface area contributed by atoms with E-state index in [9.17, 15) is 4.79 Å². The van der Waals surface area contributed by atoms with Crippen LogP contribution < -0.4 is 11.1 Å². The highest BCUT2D eigenvalue weighted by molar-refractivity contribution is 6.07. The van der Waals surface area contributed by atoms with E-state index in [1.54, 1.807) is 0 Å². The van der Waals surface area contributed by atoms with Crippen LogP contribution in [-0.4, -0.2) is 41.4 Å². The molecule has 1 spiro atoms. The Labute approximate surface area is 76.0 Å². The maximum Gasteiger partial charge on any atom is 0.346 e. The predicted molar refractivity (Wildman–Crippen MR) is 47.5 cm³/mol. The van der Waals surface area contributed by atoms with Crippen molar-refractivity contribution in [2.24, 2.45) is 10.7 Å². The standard InChI is InChI=1S/C8H12N4O/c9-6-8(3-10-4-8)12(5-1-2-5)7(13)11-6/h5,10H,1-4H2,(H2,9,11,13). The molecule has 1 saturated carbocycles. The number of urea groups is 1. The number of amides is 2. The Morgan fingerprint density at radius 1 is 1.54 bits per heavy atom. The van der Waals surface area contributed by atoms with Gasteiger partial charge in [0.25, 0.3) is 0 Å².